The normalized spacial score (nSPS) is 11.2. The van der Waals surface area contributed by atoms with E-state index < -0.39 is 0 Å². The summed E-state index contributed by atoms with van der Waals surface area (Å²) in [6.07, 6.45) is 1.78. The van der Waals surface area contributed by atoms with E-state index in [9.17, 15) is 5.11 Å². The van der Waals surface area contributed by atoms with Crippen molar-refractivity contribution < 1.29 is 5.11 Å². The number of aromatic hydroxyl groups is 1. The van der Waals surface area contributed by atoms with E-state index in [0.29, 0.717) is 5.69 Å². The lowest BCUT2D eigenvalue weighted by atomic mass is 10.1. The van der Waals surface area contributed by atoms with Crippen molar-refractivity contribution in [1.82, 2.24) is 0 Å². The van der Waals surface area contributed by atoms with Gasteiger partial charge >= 0.3 is 0 Å². The summed E-state index contributed by atoms with van der Waals surface area (Å²) in [6, 6.07) is 19.2. The fourth-order valence-electron chi connectivity index (χ4n) is 2.11. The Morgan fingerprint density at radius 3 is 2.35 bits per heavy atom. The Balaban J connectivity index is 2.08. The third-order valence-electron chi connectivity index (χ3n) is 3.13. The SMILES string of the molecule is Oc1ccccc1/N=C/c1ccc(Br)c2ccccc12. The predicted molar refractivity (Wildman–Crippen MR) is 87.0 cm³/mol. The van der Waals surface area contributed by atoms with Crippen LogP contribution in [-0.2, 0) is 0 Å². The van der Waals surface area contributed by atoms with E-state index in [2.05, 4.69) is 33.1 Å². The number of rotatable bonds is 2. The molecule has 0 spiro atoms. The second kappa shape index (κ2) is 5.47. The van der Waals surface area contributed by atoms with Crippen molar-refractivity contribution >= 4 is 38.6 Å². The lowest BCUT2D eigenvalue weighted by molar-refractivity contribution is 0.477. The minimum absolute atomic E-state index is 0.185. The first kappa shape index (κ1) is 12.9. The van der Waals surface area contributed by atoms with Crippen LogP contribution in [-0.4, -0.2) is 11.3 Å². The van der Waals surface area contributed by atoms with Crippen molar-refractivity contribution in [2.75, 3.05) is 0 Å². The molecule has 98 valence electrons. The van der Waals surface area contributed by atoms with Gasteiger partial charge < -0.3 is 5.11 Å². The topological polar surface area (TPSA) is 32.6 Å². The van der Waals surface area contributed by atoms with Gasteiger partial charge in [-0.05, 0) is 29.0 Å². The Bertz CT molecular complexity index is 796. The Hall–Kier alpha value is -2.13. The first-order chi connectivity index (χ1) is 9.75. The molecule has 0 aliphatic carbocycles. The van der Waals surface area contributed by atoms with Crippen LogP contribution in [0.15, 0.2) is 70.1 Å². The maximum Gasteiger partial charge on any atom is 0.141 e. The molecule has 0 aromatic heterocycles. The molecule has 0 amide bonds. The monoisotopic (exact) mass is 325 g/mol. The molecule has 0 bridgehead atoms. The predicted octanol–water partition coefficient (Wildman–Crippen LogP) is 5.06. The van der Waals surface area contributed by atoms with Crippen LogP contribution in [0.3, 0.4) is 0 Å². The zero-order valence-electron chi connectivity index (χ0n) is 10.6. The van der Waals surface area contributed by atoms with Crippen LogP contribution < -0.4 is 0 Å². The standard InChI is InChI=1S/C17H12BrNO/c18-15-10-9-12(13-5-1-2-6-14(13)15)11-19-16-7-3-4-8-17(16)20/h1-11,20H/b19-11+. The van der Waals surface area contributed by atoms with Crippen LogP contribution in [0, 0.1) is 0 Å². The molecule has 20 heavy (non-hydrogen) atoms. The number of benzene rings is 3. The molecule has 3 rings (SSSR count). The quantitative estimate of drug-likeness (QED) is 0.656. The third kappa shape index (κ3) is 2.45. The third-order valence-corrected chi connectivity index (χ3v) is 3.82. The molecule has 3 aromatic carbocycles. The van der Waals surface area contributed by atoms with E-state index in [-0.39, 0.29) is 5.75 Å². The van der Waals surface area contributed by atoms with Gasteiger partial charge in [-0.2, -0.15) is 0 Å². The Kier molecular flexibility index (Phi) is 3.52. The number of halogens is 1. The van der Waals surface area contributed by atoms with Gasteiger partial charge in [-0.15, -0.1) is 0 Å². The van der Waals surface area contributed by atoms with Gasteiger partial charge in [0.25, 0.3) is 0 Å². The molecule has 0 radical (unpaired) electrons. The lowest BCUT2D eigenvalue weighted by Gasteiger charge is -2.04. The number of phenols is 1. The van der Waals surface area contributed by atoms with Crippen molar-refractivity contribution in [2.45, 2.75) is 0 Å². The van der Waals surface area contributed by atoms with Crippen molar-refractivity contribution in [1.29, 1.82) is 0 Å². The molecule has 0 fully saturated rings. The summed E-state index contributed by atoms with van der Waals surface area (Å²) in [5.41, 5.74) is 1.59. The average molecular weight is 326 g/mol. The number of nitrogens with zero attached hydrogens (tertiary/aromatic N) is 1. The fraction of sp³-hybridized carbons (Fsp3) is 0. The van der Waals surface area contributed by atoms with Crippen LogP contribution in [0.1, 0.15) is 5.56 Å². The van der Waals surface area contributed by atoms with Gasteiger partial charge in [-0.1, -0.05) is 58.4 Å². The molecule has 3 heteroatoms. The smallest absolute Gasteiger partial charge is 0.141 e. The van der Waals surface area contributed by atoms with Gasteiger partial charge in [-0.3, -0.25) is 4.99 Å². The van der Waals surface area contributed by atoms with Crippen LogP contribution in [0.2, 0.25) is 0 Å². The summed E-state index contributed by atoms with van der Waals surface area (Å²) < 4.78 is 1.06. The Labute approximate surface area is 125 Å². The maximum atomic E-state index is 9.72. The number of phenolic OH excluding ortho intramolecular Hbond substituents is 1. The van der Waals surface area contributed by atoms with Gasteiger partial charge in [0.2, 0.25) is 0 Å². The van der Waals surface area contributed by atoms with Crippen LogP contribution in [0.5, 0.6) is 5.75 Å². The Morgan fingerprint density at radius 1 is 0.850 bits per heavy atom. The first-order valence-electron chi connectivity index (χ1n) is 6.25. The highest BCUT2D eigenvalue weighted by Gasteiger charge is 2.02. The van der Waals surface area contributed by atoms with Gasteiger partial charge in [0.05, 0.1) is 0 Å². The number of para-hydroxylation sites is 2. The average Bonchev–Trinajstić information content (AvgIpc) is 2.48. The van der Waals surface area contributed by atoms with Gasteiger partial charge in [0, 0.05) is 16.3 Å². The molecular formula is C17H12BrNO. The highest BCUT2D eigenvalue weighted by atomic mass is 79.9. The molecule has 0 aliphatic rings. The molecule has 0 saturated carbocycles. The lowest BCUT2D eigenvalue weighted by Crippen LogP contribution is -1.85. The summed E-state index contributed by atoms with van der Waals surface area (Å²) in [7, 11) is 0. The first-order valence-corrected chi connectivity index (χ1v) is 7.04. The van der Waals surface area contributed by atoms with Crippen LogP contribution >= 0.6 is 15.9 Å². The number of hydrogen-bond donors (Lipinski definition) is 1. The maximum absolute atomic E-state index is 9.72. The van der Waals surface area contributed by atoms with E-state index in [1.54, 1.807) is 24.4 Å². The molecule has 2 nitrogen and oxygen atoms in total. The zero-order valence-corrected chi connectivity index (χ0v) is 12.2. The molecule has 0 aliphatic heterocycles. The van der Waals surface area contributed by atoms with Gasteiger partial charge in [0.15, 0.2) is 0 Å². The van der Waals surface area contributed by atoms with Crippen molar-refractivity contribution in [3.8, 4) is 5.75 Å². The molecule has 3 aromatic rings. The second-order valence-electron chi connectivity index (χ2n) is 4.43. The molecule has 1 N–H and O–H groups in total. The van der Waals surface area contributed by atoms with Crippen LogP contribution in [0.25, 0.3) is 10.8 Å². The minimum atomic E-state index is 0.185. The Morgan fingerprint density at radius 2 is 1.55 bits per heavy atom. The minimum Gasteiger partial charge on any atom is -0.506 e. The summed E-state index contributed by atoms with van der Waals surface area (Å²) >= 11 is 3.55. The summed E-state index contributed by atoms with van der Waals surface area (Å²) in [4.78, 5) is 4.37. The fourth-order valence-corrected chi connectivity index (χ4v) is 2.59. The van der Waals surface area contributed by atoms with E-state index in [0.717, 1.165) is 20.8 Å². The molecular weight excluding hydrogens is 314 g/mol. The number of fused-ring (bicyclic) bond motifs is 1. The van der Waals surface area contributed by atoms with Gasteiger partial charge in [0.1, 0.15) is 11.4 Å². The van der Waals surface area contributed by atoms with Crippen molar-refractivity contribution in [3.63, 3.8) is 0 Å². The summed E-state index contributed by atoms with van der Waals surface area (Å²) in [6.45, 7) is 0. The van der Waals surface area contributed by atoms with Crippen molar-refractivity contribution in [2.24, 2.45) is 4.99 Å². The molecule has 0 saturated heterocycles. The highest BCUT2D eigenvalue weighted by Crippen LogP contribution is 2.28. The largest absolute Gasteiger partial charge is 0.506 e. The van der Waals surface area contributed by atoms with E-state index >= 15 is 0 Å². The van der Waals surface area contributed by atoms with Crippen LogP contribution in [0.4, 0.5) is 5.69 Å². The zero-order chi connectivity index (χ0) is 13.9. The molecule has 0 unspecified atom stereocenters. The van der Waals surface area contributed by atoms with Crippen molar-refractivity contribution in [3.05, 3.63) is 70.7 Å². The van der Waals surface area contributed by atoms with E-state index in [4.69, 9.17) is 0 Å². The second-order valence-corrected chi connectivity index (χ2v) is 5.28. The molecule has 0 atom stereocenters. The molecule has 0 heterocycles. The van der Waals surface area contributed by atoms with Gasteiger partial charge in [-0.25, -0.2) is 0 Å². The number of hydrogen-bond acceptors (Lipinski definition) is 2. The summed E-state index contributed by atoms with van der Waals surface area (Å²) in [5, 5.41) is 12.0. The highest BCUT2D eigenvalue weighted by molar-refractivity contribution is 9.10. The van der Waals surface area contributed by atoms with E-state index in [1.807, 2.05) is 30.3 Å². The van der Waals surface area contributed by atoms with E-state index in [1.165, 1.54) is 0 Å². The number of aliphatic imine (C=N–C) groups is 1. The summed E-state index contributed by atoms with van der Waals surface area (Å²) in [5.74, 6) is 0.185.